The maximum absolute atomic E-state index is 13.0. The lowest BCUT2D eigenvalue weighted by Crippen LogP contribution is -2.28. The fourth-order valence-electron chi connectivity index (χ4n) is 2.78. The summed E-state index contributed by atoms with van der Waals surface area (Å²) in [6.45, 7) is 1.30. The van der Waals surface area contributed by atoms with Crippen LogP contribution in [0.25, 0.3) is 5.57 Å². The molecule has 0 atom stereocenters. The second kappa shape index (κ2) is 6.92. The summed E-state index contributed by atoms with van der Waals surface area (Å²) >= 11 is 0. The van der Waals surface area contributed by atoms with Crippen LogP contribution in [0.5, 0.6) is 0 Å². The van der Waals surface area contributed by atoms with Crippen LogP contribution in [0.15, 0.2) is 59.5 Å². The highest BCUT2D eigenvalue weighted by Gasteiger charge is 2.26. The number of hydrogen-bond donors (Lipinski definition) is 0. The van der Waals surface area contributed by atoms with Crippen LogP contribution in [0, 0.1) is 5.82 Å². The van der Waals surface area contributed by atoms with Gasteiger partial charge in [0.1, 0.15) is 5.82 Å². The van der Waals surface area contributed by atoms with Gasteiger partial charge in [-0.2, -0.15) is 8.78 Å². The van der Waals surface area contributed by atoms with E-state index in [1.165, 1.54) is 36.4 Å². The van der Waals surface area contributed by atoms with Crippen LogP contribution in [0.2, 0.25) is 0 Å². The summed E-state index contributed by atoms with van der Waals surface area (Å²) in [5, 5.41) is 0. The van der Waals surface area contributed by atoms with Gasteiger partial charge >= 0.3 is 5.76 Å². The Kier molecular flexibility index (Phi) is 4.85. The lowest BCUT2D eigenvalue weighted by atomic mass is 9.99. The van der Waals surface area contributed by atoms with E-state index in [1.807, 2.05) is 11.0 Å². The standard InChI is InChI=1S/C18H16F3NO2S/c19-15-3-1-13(2-4-15)14-9-11-22(12-10-14)16-5-7-17(8-6-16)25(23,24)18(20)21/h1-9,18H,10-12H2. The molecule has 2 aromatic rings. The first kappa shape index (κ1) is 17.5. The van der Waals surface area contributed by atoms with E-state index in [2.05, 4.69) is 0 Å². The number of sulfone groups is 1. The Morgan fingerprint density at radius 2 is 1.60 bits per heavy atom. The molecule has 7 heteroatoms. The first-order chi connectivity index (χ1) is 11.9. The van der Waals surface area contributed by atoms with Crippen LogP contribution in [0.3, 0.4) is 0 Å². The van der Waals surface area contributed by atoms with E-state index in [-0.39, 0.29) is 10.7 Å². The molecule has 1 aliphatic heterocycles. The van der Waals surface area contributed by atoms with Crippen molar-refractivity contribution in [3.05, 3.63) is 66.0 Å². The Labute approximate surface area is 144 Å². The Balaban J connectivity index is 1.73. The van der Waals surface area contributed by atoms with Crippen LogP contribution in [-0.4, -0.2) is 27.3 Å². The number of rotatable bonds is 4. The van der Waals surface area contributed by atoms with Gasteiger partial charge in [-0.05, 0) is 54.0 Å². The number of benzene rings is 2. The SMILES string of the molecule is O=S(=O)(c1ccc(N2CC=C(c3ccc(F)cc3)CC2)cc1)C(F)F. The van der Waals surface area contributed by atoms with Gasteiger partial charge in [0.2, 0.25) is 9.84 Å². The van der Waals surface area contributed by atoms with E-state index in [1.54, 1.807) is 12.1 Å². The second-order valence-electron chi connectivity index (χ2n) is 5.73. The van der Waals surface area contributed by atoms with Gasteiger partial charge in [-0.3, -0.25) is 0 Å². The van der Waals surface area contributed by atoms with Gasteiger partial charge in [-0.1, -0.05) is 18.2 Å². The summed E-state index contributed by atoms with van der Waals surface area (Å²) in [4.78, 5) is 1.64. The second-order valence-corrected chi connectivity index (χ2v) is 7.65. The molecule has 0 bridgehead atoms. The molecule has 0 amide bonds. The average Bonchev–Trinajstić information content (AvgIpc) is 2.62. The van der Waals surface area contributed by atoms with E-state index < -0.39 is 15.6 Å². The minimum atomic E-state index is -4.57. The van der Waals surface area contributed by atoms with Crippen molar-refractivity contribution in [1.29, 1.82) is 0 Å². The van der Waals surface area contributed by atoms with E-state index in [0.717, 1.165) is 23.2 Å². The molecule has 0 aromatic heterocycles. The van der Waals surface area contributed by atoms with Gasteiger partial charge in [0, 0.05) is 18.8 Å². The molecule has 1 aliphatic rings. The first-order valence-corrected chi connectivity index (χ1v) is 9.24. The van der Waals surface area contributed by atoms with Crippen molar-refractivity contribution in [1.82, 2.24) is 0 Å². The zero-order chi connectivity index (χ0) is 18.0. The topological polar surface area (TPSA) is 37.4 Å². The van der Waals surface area contributed by atoms with Crippen molar-refractivity contribution in [2.45, 2.75) is 17.1 Å². The summed E-state index contributed by atoms with van der Waals surface area (Å²) in [5.74, 6) is -3.70. The van der Waals surface area contributed by atoms with Gasteiger partial charge in [-0.25, -0.2) is 12.8 Å². The van der Waals surface area contributed by atoms with Crippen molar-refractivity contribution in [3.8, 4) is 0 Å². The number of anilines is 1. The van der Waals surface area contributed by atoms with Crippen LogP contribution >= 0.6 is 0 Å². The van der Waals surface area contributed by atoms with Crippen molar-refractivity contribution < 1.29 is 21.6 Å². The molecule has 0 unspecified atom stereocenters. The summed E-state index contributed by atoms with van der Waals surface area (Å²) < 4.78 is 61.0. The maximum atomic E-state index is 13.0. The molecule has 0 fully saturated rings. The predicted octanol–water partition coefficient (Wildman–Crippen LogP) is 4.12. The fourth-order valence-corrected chi connectivity index (χ4v) is 3.50. The molecular weight excluding hydrogens is 351 g/mol. The molecule has 0 aliphatic carbocycles. The maximum Gasteiger partial charge on any atom is 0.341 e. The number of hydrogen-bond acceptors (Lipinski definition) is 3. The third-order valence-corrected chi connectivity index (χ3v) is 5.59. The van der Waals surface area contributed by atoms with Crippen molar-refractivity contribution in [2.24, 2.45) is 0 Å². The minimum absolute atomic E-state index is 0.277. The highest BCUT2D eigenvalue weighted by molar-refractivity contribution is 7.91. The van der Waals surface area contributed by atoms with Gasteiger partial charge in [0.15, 0.2) is 0 Å². The number of halogens is 3. The zero-order valence-electron chi connectivity index (χ0n) is 13.2. The molecule has 0 saturated carbocycles. The van der Waals surface area contributed by atoms with Gasteiger partial charge in [-0.15, -0.1) is 0 Å². The lowest BCUT2D eigenvalue weighted by Gasteiger charge is -2.28. The molecule has 132 valence electrons. The summed E-state index contributed by atoms with van der Waals surface area (Å²) in [5.41, 5.74) is 2.86. The highest BCUT2D eigenvalue weighted by Crippen LogP contribution is 2.27. The van der Waals surface area contributed by atoms with E-state index in [9.17, 15) is 21.6 Å². The van der Waals surface area contributed by atoms with Crippen molar-refractivity contribution >= 4 is 21.1 Å². The monoisotopic (exact) mass is 367 g/mol. The summed E-state index contributed by atoms with van der Waals surface area (Å²) in [6.07, 6.45) is 2.78. The smallest absolute Gasteiger partial charge is 0.341 e. The van der Waals surface area contributed by atoms with Gasteiger partial charge < -0.3 is 4.90 Å². The molecule has 0 radical (unpaired) electrons. The number of nitrogens with zero attached hydrogens (tertiary/aromatic N) is 1. The highest BCUT2D eigenvalue weighted by atomic mass is 32.2. The van der Waals surface area contributed by atoms with E-state index in [0.29, 0.717) is 13.1 Å². The van der Waals surface area contributed by atoms with Crippen molar-refractivity contribution in [3.63, 3.8) is 0 Å². The largest absolute Gasteiger partial charge is 0.367 e. The normalized spacial score (nSPS) is 15.4. The molecule has 25 heavy (non-hydrogen) atoms. The third-order valence-electron chi connectivity index (χ3n) is 4.19. The number of alkyl halides is 2. The Morgan fingerprint density at radius 1 is 0.960 bits per heavy atom. The average molecular weight is 367 g/mol. The molecule has 0 spiro atoms. The third kappa shape index (κ3) is 3.71. The van der Waals surface area contributed by atoms with Gasteiger partial charge in [0.05, 0.1) is 4.90 Å². The summed E-state index contributed by atoms with van der Waals surface area (Å²) in [6, 6.07) is 11.8. The Morgan fingerprint density at radius 3 is 2.12 bits per heavy atom. The minimum Gasteiger partial charge on any atom is -0.367 e. The Bertz CT molecular complexity index is 876. The van der Waals surface area contributed by atoms with Crippen LogP contribution < -0.4 is 4.90 Å². The molecular formula is C18H16F3NO2S. The fraction of sp³-hybridized carbons (Fsp3) is 0.222. The molecule has 0 N–H and O–H groups in total. The first-order valence-electron chi connectivity index (χ1n) is 7.70. The van der Waals surface area contributed by atoms with Crippen LogP contribution in [0.4, 0.5) is 18.9 Å². The zero-order valence-corrected chi connectivity index (χ0v) is 14.0. The van der Waals surface area contributed by atoms with Crippen LogP contribution in [-0.2, 0) is 9.84 Å². The van der Waals surface area contributed by atoms with Crippen molar-refractivity contribution in [2.75, 3.05) is 18.0 Å². The molecule has 1 heterocycles. The lowest BCUT2D eigenvalue weighted by molar-refractivity contribution is 0.234. The molecule has 0 saturated heterocycles. The quantitative estimate of drug-likeness (QED) is 0.816. The van der Waals surface area contributed by atoms with Crippen LogP contribution in [0.1, 0.15) is 12.0 Å². The summed E-state index contributed by atoms with van der Waals surface area (Å²) in [7, 11) is -4.57. The van der Waals surface area contributed by atoms with E-state index >= 15 is 0 Å². The molecule has 2 aromatic carbocycles. The Hall–Kier alpha value is -2.28. The molecule has 3 nitrogen and oxygen atoms in total. The molecule has 3 rings (SSSR count). The predicted molar refractivity (Wildman–Crippen MR) is 90.8 cm³/mol. The van der Waals surface area contributed by atoms with E-state index in [4.69, 9.17) is 0 Å². The van der Waals surface area contributed by atoms with Gasteiger partial charge in [0.25, 0.3) is 0 Å².